The Bertz CT molecular complexity index is 173. The Morgan fingerprint density at radius 2 is 1.08 bits per heavy atom. The predicted molar refractivity (Wildman–Crippen MR) is 47.2 cm³/mol. The molecule has 0 saturated heterocycles. The van der Waals surface area contributed by atoms with Crippen molar-refractivity contribution < 1.29 is 9.59 Å². The van der Waals surface area contributed by atoms with E-state index in [0.717, 1.165) is 0 Å². The van der Waals surface area contributed by atoms with Gasteiger partial charge in [-0.1, -0.05) is 0 Å². The largest absolute Gasteiger partial charge is 0.281 e. The van der Waals surface area contributed by atoms with Crippen LogP contribution in [0.3, 0.4) is 0 Å². The molecule has 0 radical (unpaired) electrons. The summed E-state index contributed by atoms with van der Waals surface area (Å²) in [4.78, 5) is 21.4. The van der Waals surface area contributed by atoms with Crippen LogP contribution >= 0.6 is 23.2 Å². The van der Waals surface area contributed by atoms with Crippen LogP contribution < -0.4 is 0 Å². The second-order valence-corrected chi connectivity index (χ2v) is 3.90. The molecule has 0 atom stereocenters. The third-order valence-corrected chi connectivity index (χ3v) is 2.99. The molecule has 0 aromatic heterocycles. The number of halogens is 2. The van der Waals surface area contributed by atoms with Gasteiger partial charge in [0.2, 0.25) is 10.5 Å². The molecule has 0 bridgehead atoms. The van der Waals surface area contributed by atoms with Crippen LogP contribution in [0.4, 0.5) is 0 Å². The standard InChI is InChI=1S/C8H10Cl2O2/c9-7(11)5-1-2-6(4-3-5)8(10)12/h5-6H,1-4H2/t5-,6+. The van der Waals surface area contributed by atoms with Gasteiger partial charge in [-0.2, -0.15) is 0 Å². The first-order chi connectivity index (χ1) is 5.61. The maximum Gasteiger partial charge on any atom is 0.224 e. The summed E-state index contributed by atoms with van der Waals surface area (Å²) in [5.41, 5.74) is 0. The van der Waals surface area contributed by atoms with E-state index in [-0.39, 0.29) is 22.3 Å². The van der Waals surface area contributed by atoms with Gasteiger partial charge in [-0.3, -0.25) is 9.59 Å². The second kappa shape index (κ2) is 4.24. The Balaban J connectivity index is 2.39. The number of hydrogen-bond acceptors (Lipinski definition) is 2. The fourth-order valence-electron chi connectivity index (χ4n) is 1.55. The highest BCUT2D eigenvalue weighted by Crippen LogP contribution is 2.31. The highest BCUT2D eigenvalue weighted by atomic mass is 35.5. The summed E-state index contributed by atoms with van der Waals surface area (Å²) < 4.78 is 0. The lowest BCUT2D eigenvalue weighted by atomic mass is 9.83. The third-order valence-electron chi connectivity index (χ3n) is 2.37. The van der Waals surface area contributed by atoms with E-state index in [0.29, 0.717) is 25.7 Å². The average Bonchev–Trinajstić information content (AvgIpc) is 2.04. The quantitative estimate of drug-likeness (QED) is 0.654. The zero-order valence-electron chi connectivity index (χ0n) is 6.56. The molecule has 4 heteroatoms. The van der Waals surface area contributed by atoms with Crippen molar-refractivity contribution in [2.45, 2.75) is 25.7 Å². The lowest BCUT2D eigenvalue weighted by Crippen LogP contribution is -2.21. The SMILES string of the molecule is O=C(Cl)[C@H]1CC[C@@H](C(=O)Cl)CC1. The summed E-state index contributed by atoms with van der Waals surface area (Å²) in [5.74, 6) is -0.113. The van der Waals surface area contributed by atoms with Crippen molar-refractivity contribution in [1.82, 2.24) is 0 Å². The number of hydrogen-bond donors (Lipinski definition) is 0. The van der Waals surface area contributed by atoms with Gasteiger partial charge >= 0.3 is 0 Å². The minimum atomic E-state index is -0.282. The molecule has 1 fully saturated rings. The van der Waals surface area contributed by atoms with E-state index in [9.17, 15) is 9.59 Å². The highest BCUT2D eigenvalue weighted by Gasteiger charge is 2.27. The zero-order chi connectivity index (χ0) is 9.14. The molecule has 1 rings (SSSR count). The smallest absolute Gasteiger partial charge is 0.224 e. The van der Waals surface area contributed by atoms with E-state index in [1.807, 2.05) is 0 Å². The summed E-state index contributed by atoms with van der Waals surface area (Å²) in [6.45, 7) is 0. The van der Waals surface area contributed by atoms with Gasteiger partial charge in [-0.05, 0) is 48.9 Å². The first-order valence-corrected chi connectivity index (χ1v) is 4.75. The van der Waals surface area contributed by atoms with Gasteiger partial charge < -0.3 is 0 Å². The van der Waals surface area contributed by atoms with Crippen molar-refractivity contribution in [3.8, 4) is 0 Å². The third kappa shape index (κ3) is 2.46. The number of carbonyl (C=O) groups excluding carboxylic acids is 2. The van der Waals surface area contributed by atoms with Gasteiger partial charge in [0.25, 0.3) is 0 Å². The molecule has 0 aliphatic heterocycles. The van der Waals surface area contributed by atoms with Crippen LogP contribution in [0.15, 0.2) is 0 Å². The predicted octanol–water partition coefficient (Wildman–Crippen LogP) is 2.32. The van der Waals surface area contributed by atoms with Gasteiger partial charge in [-0.25, -0.2) is 0 Å². The van der Waals surface area contributed by atoms with Gasteiger partial charge in [0, 0.05) is 11.8 Å². The molecule has 1 aliphatic rings. The van der Waals surface area contributed by atoms with E-state index in [1.165, 1.54) is 0 Å². The molecule has 2 nitrogen and oxygen atoms in total. The first-order valence-electron chi connectivity index (χ1n) is 4.00. The van der Waals surface area contributed by atoms with Crippen LogP contribution in [-0.2, 0) is 9.59 Å². The van der Waals surface area contributed by atoms with Crippen LogP contribution in [0, 0.1) is 11.8 Å². The lowest BCUT2D eigenvalue weighted by molar-refractivity contribution is -0.120. The van der Waals surface area contributed by atoms with E-state index >= 15 is 0 Å². The molecule has 12 heavy (non-hydrogen) atoms. The molecule has 0 N–H and O–H groups in total. The van der Waals surface area contributed by atoms with Crippen LogP contribution in [0.5, 0.6) is 0 Å². The highest BCUT2D eigenvalue weighted by molar-refractivity contribution is 6.64. The summed E-state index contributed by atoms with van der Waals surface area (Å²) in [6, 6.07) is 0. The minimum Gasteiger partial charge on any atom is -0.281 e. The van der Waals surface area contributed by atoms with Crippen molar-refractivity contribution in [1.29, 1.82) is 0 Å². The van der Waals surface area contributed by atoms with E-state index in [4.69, 9.17) is 23.2 Å². The normalized spacial score (nSPS) is 29.8. The van der Waals surface area contributed by atoms with E-state index < -0.39 is 0 Å². The van der Waals surface area contributed by atoms with Crippen molar-refractivity contribution >= 4 is 33.7 Å². The molecule has 1 aliphatic carbocycles. The molecule has 0 amide bonds. The fraction of sp³-hybridized carbons (Fsp3) is 0.750. The van der Waals surface area contributed by atoms with Crippen molar-refractivity contribution in [3.05, 3.63) is 0 Å². The Hall–Kier alpha value is -0.0800. The van der Waals surface area contributed by atoms with Crippen molar-refractivity contribution in [2.24, 2.45) is 11.8 Å². The van der Waals surface area contributed by atoms with E-state index in [2.05, 4.69) is 0 Å². The minimum absolute atomic E-state index is 0.0565. The van der Waals surface area contributed by atoms with E-state index in [1.54, 1.807) is 0 Å². The van der Waals surface area contributed by atoms with Crippen LogP contribution in [0.2, 0.25) is 0 Å². The van der Waals surface area contributed by atoms with Crippen LogP contribution in [-0.4, -0.2) is 10.5 Å². The molecule has 0 aromatic rings. The fourth-order valence-corrected chi connectivity index (χ4v) is 1.98. The molecular formula is C8H10Cl2O2. The summed E-state index contributed by atoms with van der Waals surface area (Å²) >= 11 is 10.7. The molecule has 1 saturated carbocycles. The van der Waals surface area contributed by atoms with Crippen molar-refractivity contribution in [3.63, 3.8) is 0 Å². The van der Waals surface area contributed by atoms with Gasteiger partial charge in [0.15, 0.2) is 0 Å². The molecule has 0 unspecified atom stereocenters. The number of rotatable bonds is 2. The lowest BCUT2D eigenvalue weighted by Gasteiger charge is -2.23. The first kappa shape index (κ1) is 10.0. The van der Waals surface area contributed by atoms with Gasteiger partial charge in [0.05, 0.1) is 0 Å². The van der Waals surface area contributed by atoms with Crippen LogP contribution in [0.25, 0.3) is 0 Å². The zero-order valence-corrected chi connectivity index (χ0v) is 8.07. The Labute approximate surface area is 81.2 Å². The molecule has 0 spiro atoms. The summed E-state index contributed by atoms with van der Waals surface area (Å²) in [6.07, 6.45) is 2.80. The van der Waals surface area contributed by atoms with Crippen LogP contribution in [0.1, 0.15) is 25.7 Å². The molecule has 68 valence electrons. The topological polar surface area (TPSA) is 34.1 Å². The van der Waals surface area contributed by atoms with Crippen molar-refractivity contribution in [2.75, 3.05) is 0 Å². The van der Waals surface area contributed by atoms with Gasteiger partial charge in [0.1, 0.15) is 0 Å². The summed E-state index contributed by atoms with van der Waals surface area (Å²) in [5, 5.41) is -0.564. The maximum absolute atomic E-state index is 10.7. The molecule has 0 heterocycles. The maximum atomic E-state index is 10.7. The summed E-state index contributed by atoms with van der Waals surface area (Å²) in [7, 11) is 0. The monoisotopic (exact) mass is 208 g/mol. The average molecular weight is 209 g/mol. The molecular weight excluding hydrogens is 199 g/mol. The Kier molecular flexibility index (Phi) is 3.53. The second-order valence-electron chi connectivity index (χ2n) is 3.16. The Morgan fingerprint density at radius 3 is 1.25 bits per heavy atom. The Morgan fingerprint density at radius 1 is 0.833 bits per heavy atom. The number of carbonyl (C=O) groups is 2. The van der Waals surface area contributed by atoms with Gasteiger partial charge in [-0.15, -0.1) is 0 Å². The molecule has 0 aromatic carbocycles.